The van der Waals surface area contributed by atoms with Crippen molar-refractivity contribution in [2.24, 2.45) is 0 Å². The van der Waals surface area contributed by atoms with Gasteiger partial charge in [-0.2, -0.15) is 26.3 Å². The SMILES string of the molecule is COc1cc(F)c(-c2ccc(C(=O)O)cc2C)cc1-c1cnc(N2CC(F)C2)nc1CN1C(=O)O[C@H](c2cc(C(F)(F)F)cc(C(F)(F)F)c2)C1C. The second-order valence-corrected chi connectivity index (χ2v) is 12.4. The molecule has 0 radical (unpaired) electrons. The third-order valence-corrected chi connectivity index (χ3v) is 8.97. The van der Waals surface area contributed by atoms with E-state index >= 15 is 4.39 Å². The van der Waals surface area contributed by atoms with E-state index in [9.17, 15) is 45.4 Å². The fraction of sp³-hybridized carbons (Fsp3) is 0.314. The Kier molecular flexibility index (Phi) is 9.25. The summed E-state index contributed by atoms with van der Waals surface area (Å²) in [6, 6.07) is 6.45. The molecule has 0 aliphatic carbocycles. The van der Waals surface area contributed by atoms with Gasteiger partial charge in [0.25, 0.3) is 0 Å². The second kappa shape index (κ2) is 13.2. The predicted octanol–water partition coefficient (Wildman–Crippen LogP) is 8.24. The molecule has 274 valence electrons. The van der Waals surface area contributed by atoms with Crippen LogP contribution >= 0.6 is 0 Å². The summed E-state index contributed by atoms with van der Waals surface area (Å²) >= 11 is 0. The highest BCUT2D eigenvalue weighted by atomic mass is 19.4. The number of hydrogen-bond acceptors (Lipinski definition) is 7. The van der Waals surface area contributed by atoms with Crippen LogP contribution in [0.1, 0.15) is 51.3 Å². The lowest BCUT2D eigenvalue weighted by molar-refractivity contribution is -0.143. The van der Waals surface area contributed by atoms with E-state index in [1.165, 1.54) is 49.4 Å². The maximum absolute atomic E-state index is 15.6. The first-order valence-electron chi connectivity index (χ1n) is 15.6. The summed E-state index contributed by atoms with van der Waals surface area (Å²) in [7, 11) is 1.27. The molecule has 2 atom stereocenters. The van der Waals surface area contributed by atoms with E-state index in [1.807, 2.05) is 0 Å². The van der Waals surface area contributed by atoms with E-state index in [1.54, 1.807) is 6.92 Å². The van der Waals surface area contributed by atoms with Crippen LogP contribution in [0, 0.1) is 12.7 Å². The lowest BCUT2D eigenvalue weighted by Gasteiger charge is -2.34. The fourth-order valence-corrected chi connectivity index (χ4v) is 6.20. The number of hydrogen-bond donors (Lipinski definition) is 1. The van der Waals surface area contributed by atoms with E-state index in [2.05, 4.69) is 9.97 Å². The second-order valence-electron chi connectivity index (χ2n) is 12.4. The summed E-state index contributed by atoms with van der Waals surface area (Å²) in [6.07, 6.45) is -12.7. The van der Waals surface area contributed by atoms with Crippen molar-refractivity contribution >= 4 is 18.0 Å². The molecule has 4 aromatic rings. The minimum atomic E-state index is -5.13. The van der Waals surface area contributed by atoms with Gasteiger partial charge in [0.1, 0.15) is 23.8 Å². The first kappa shape index (κ1) is 36.3. The Balaban J connectivity index is 1.43. The summed E-state index contributed by atoms with van der Waals surface area (Å²) in [5, 5.41) is 9.38. The number of nitrogens with zero attached hydrogens (tertiary/aromatic N) is 4. The number of carbonyl (C=O) groups excluding carboxylic acids is 1. The molecule has 2 aliphatic heterocycles. The number of carboxylic acid groups (broad SMARTS) is 1. The minimum absolute atomic E-state index is 0.00463. The van der Waals surface area contributed by atoms with Crippen LogP contribution in [0.25, 0.3) is 22.3 Å². The van der Waals surface area contributed by atoms with Gasteiger partial charge in [-0.05, 0) is 66.9 Å². The van der Waals surface area contributed by atoms with Crippen LogP contribution < -0.4 is 9.64 Å². The molecule has 0 bridgehead atoms. The molecule has 1 amide bonds. The Hall–Kier alpha value is -5.48. The fourth-order valence-electron chi connectivity index (χ4n) is 6.20. The highest BCUT2D eigenvalue weighted by Gasteiger charge is 2.44. The highest BCUT2D eigenvalue weighted by Crippen LogP contribution is 2.43. The van der Waals surface area contributed by atoms with Crippen molar-refractivity contribution in [2.45, 2.75) is 51.1 Å². The van der Waals surface area contributed by atoms with Crippen LogP contribution in [0.4, 0.5) is 45.9 Å². The zero-order valence-corrected chi connectivity index (χ0v) is 27.4. The number of aryl methyl sites for hydroxylation is 1. The largest absolute Gasteiger partial charge is 0.496 e. The molecule has 17 heteroatoms. The highest BCUT2D eigenvalue weighted by molar-refractivity contribution is 5.89. The third kappa shape index (κ3) is 6.90. The van der Waals surface area contributed by atoms with Crippen molar-refractivity contribution in [1.82, 2.24) is 14.9 Å². The Morgan fingerprint density at radius 3 is 2.17 bits per heavy atom. The zero-order valence-electron chi connectivity index (χ0n) is 27.4. The van der Waals surface area contributed by atoms with Gasteiger partial charge in [-0.3, -0.25) is 4.90 Å². The van der Waals surface area contributed by atoms with E-state index in [-0.39, 0.29) is 58.8 Å². The van der Waals surface area contributed by atoms with E-state index in [0.717, 1.165) is 11.0 Å². The van der Waals surface area contributed by atoms with Crippen molar-refractivity contribution < 1.29 is 59.3 Å². The molecule has 1 N–H and O–H groups in total. The smallest absolute Gasteiger partial charge is 0.416 e. The number of amides is 1. The average molecular weight is 737 g/mol. The van der Waals surface area contributed by atoms with Crippen LogP contribution in [-0.2, 0) is 23.6 Å². The van der Waals surface area contributed by atoms with Crippen LogP contribution in [0.2, 0.25) is 0 Å². The summed E-state index contributed by atoms with van der Waals surface area (Å²) in [5.74, 6) is -1.83. The molecule has 0 saturated carbocycles. The first-order valence-corrected chi connectivity index (χ1v) is 15.6. The standard InChI is InChI=1S/C35H28F8N4O5/c1-16-6-18(31(48)49)4-5-23(16)24-10-25(29(51-3)11-27(24)37)26-12-44-32(46-13-22(36)14-46)45-28(26)15-47-17(2)30(52-33(47)50)19-7-20(34(38,39)40)9-21(8-19)35(41,42)43/h4-12,17,22,30H,13-15H2,1-3H3,(H,48,49)/t17?,30-/m0/s1. The van der Waals surface area contributed by atoms with Gasteiger partial charge in [-0.25, -0.2) is 28.3 Å². The molecule has 1 unspecified atom stereocenters. The van der Waals surface area contributed by atoms with Crippen LogP contribution in [0.5, 0.6) is 5.75 Å². The maximum atomic E-state index is 15.6. The molecule has 6 rings (SSSR count). The third-order valence-electron chi connectivity index (χ3n) is 8.97. The lowest BCUT2D eigenvalue weighted by Crippen LogP contribution is -2.49. The number of anilines is 1. The summed E-state index contributed by atoms with van der Waals surface area (Å²) in [5.41, 5.74) is -2.37. The van der Waals surface area contributed by atoms with Gasteiger partial charge in [0.15, 0.2) is 0 Å². The van der Waals surface area contributed by atoms with Gasteiger partial charge >= 0.3 is 24.4 Å². The van der Waals surface area contributed by atoms with Gasteiger partial charge in [-0.15, -0.1) is 0 Å². The molecular formula is C35H28F8N4O5. The number of methoxy groups -OCH3 is 1. The van der Waals surface area contributed by atoms with Crippen molar-refractivity contribution in [3.63, 3.8) is 0 Å². The van der Waals surface area contributed by atoms with E-state index in [4.69, 9.17) is 9.47 Å². The molecule has 2 saturated heterocycles. The van der Waals surface area contributed by atoms with Gasteiger partial charge < -0.3 is 19.5 Å². The number of alkyl halides is 7. The number of ether oxygens (including phenoxy) is 2. The monoisotopic (exact) mass is 736 g/mol. The normalized spacial score (nSPS) is 18.0. The molecular weight excluding hydrogens is 708 g/mol. The van der Waals surface area contributed by atoms with E-state index < -0.39 is 71.8 Å². The summed E-state index contributed by atoms with van der Waals surface area (Å²) in [6.45, 7) is 2.50. The van der Waals surface area contributed by atoms with Gasteiger partial charge in [0.2, 0.25) is 5.95 Å². The summed E-state index contributed by atoms with van der Waals surface area (Å²) in [4.78, 5) is 36.2. The van der Waals surface area contributed by atoms with Gasteiger partial charge in [-0.1, -0.05) is 6.07 Å². The van der Waals surface area contributed by atoms with E-state index in [0.29, 0.717) is 23.3 Å². The van der Waals surface area contributed by atoms with Gasteiger partial charge in [0.05, 0.1) is 55.2 Å². The molecule has 3 aromatic carbocycles. The van der Waals surface area contributed by atoms with Gasteiger partial charge in [0, 0.05) is 29.0 Å². The number of benzene rings is 3. The Labute approximate surface area is 290 Å². The Bertz CT molecular complexity index is 2030. The molecule has 0 spiro atoms. The number of carboxylic acids is 1. The first-order chi connectivity index (χ1) is 24.3. The lowest BCUT2D eigenvalue weighted by atomic mass is 9.93. The number of halogens is 8. The molecule has 52 heavy (non-hydrogen) atoms. The molecule has 2 fully saturated rings. The van der Waals surface area contributed by atoms with Crippen molar-refractivity contribution in [3.05, 3.63) is 94.1 Å². The number of rotatable bonds is 8. The van der Waals surface area contributed by atoms with Crippen molar-refractivity contribution in [3.8, 4) is 28.0 Å². The molecule has 9 nitrogen and oxygen atoms in total. The molecule has 2 aliphatic rings. The molecule has 1 aromatic heterocycles. The Morgan fingerprint density at radius 1 is 0.962 bits per heavy atom. The number of aromatic nitrogens is 2. The molecule has 3 heterocycles. The Morgan fingerprint density at radius 2 is 1.62 bits per heavy atom. The summed E-state index contributed by atoms with van der Waals surface area (Å²) < 4.78 is 122. The van der Waals surface area contributed by atoms with Crippen molar-refractivity contribution in [2.75, 3.05) is 25.1 Å². The van der Waals surface area contributed by atoms with Crippen LogP contribution in [-0.4, -0.2) is 64.4 Å². The zero-order chi connectivity index (χ0) is 37.9. The number of aromatic carboxylic acids is 1. The topological polar surface area (TPSA) is 105 Å². The number of cyclic esters (lactones) is 1. The van der Waals surface area contributed by atoms with Crippen LogP contribution in [0.3, 0.4) is 0 Å². The van der Waals surface area contributed by atoms with Crippen LogP contribution in [0.15, 0.2) is 54.7 Å². The maximum Gasteiger partial charge on any atom is 0.416 e. The average Bonchev–Trinajstić information content (AvgIpc) is 3.34. The van der Waals surface area contributed by atoms with Crippen molar-refractivity contribution in [1.29, 1.82) is 0 Å². The predicted molar refractivity (Wildman–Crippen MR) is 169 cm³/mol. The minimum Gasteiger partial charge on any atom is -0.496 e. The number of carbonyl (C=O) groups is 2. The quantitative estimate of drug-likeness (QED) is 0.181.